The molecule has 25 heavy (non-hydrogen) atoms. The van der Waals surface area contributed by atoms with Crippen LogP contribution in [0.15, 0.2) is 48.5 Å². The Morgan fingerprint density at radius 3 is 2.88 bits per heavy atom. The third-order valence-electron chi connectivity index (χ3n) is 3.39. The van der Waals surface area contributed by atoms with E-state index in [1.54, 1.807) is 54.2 Å². The van der Waals surface area contributed by atoms with Crippen molar-refractivity contribution < 1.29 is 9.53 Å². The molecule has 0 aliphatic rings. The van der Waals surface area contributed by atoms with Gasteiger partial charge in [0.1, 0.15) is 11.8 Å². The number of nitrogens with one attached hydrogen (secondary N) is 1. The highest BCUT2D eigenvalue weighted by atomic mass is 16.5. The maximum Gasteiger partial charge on any atom is 0.262 e. The van der Waals surface area contributed by atoms with Crippen LogP contribution in [0.4, 0.5) is 5.69 Å². The Bertz CT molecular complexity index is 944. The first kappa shape index (κ1) is 16.1. The summed E-state index contributed by atoms with van der Waals surface area (Å²) >= 11 is 0. The van der Waals surface area contributed by atoms with E-state index in [0.29, 0.717) is 22.8 Å². The van der Waals surface area contributed by atoms with Crippen LogP contribution in [0.25, 0.3) is 11.4 Å². The quantitative estimate of drug-likeness (QED) is 0.762. The molecular formula is C17H14N6O2. The third kappa shape index (κ3) is 3.79. The minimum atomic E-state index is -0.332. The number of nitriles is 1. The van der Waals surface area contributed by atoms with Crippen molar-refractivity contribution >= 4 is 11.6 Å². The molecule has 8 nitrogen and oxygen atoms in total. The van der Waals surface area contributed by atoms with Gasteiger partial charge in [0.05, 0.1) is 5.56 Å². The number of aromatic nitrogens is 4. The van der Waals surface area contributed by atoms with Crippen LogP contribution in [0.1, 0.15) is 5.56 Å². The largest absolute Gasteiger partial charge is 0.482 e. The second-order valence-electron chi connectivity index (χ2n) is 5.15. The summed E-state index contributed by atoms with van der Waals surface area (Å²) in [5, 5.41) is 23.1. The molecule has 0 spiro atoms. The molecule has 0 unspecified atom stereocenters. The van der Waals surface area contributed by atoms with Gasteiger partial charge >= 0.3 is 0 Å². The number of nitrogens with zero attached hydrogens (tertiary/aromatic N) is 5. The number of anilines is 1. The molecule has 1 amide bonds. The molecule has 8 heteroatoms. The molecule has 1 aromatic heterocycles. The van der Waals surface area contributed by atoms with Crippen molar-refractivity contribution in [3.05, 3.63) is 54.1 Å². The van der Waals surface area contributed by atoms with Crippen LogP contribution >= 0.6 is 0 Å². The number of hydrogen-bond acceptors (Lipinski definition) is 6. The zero-order chi connectivity index (χ0) is 17.6. The molecule has 3 rings (SSSR count). The number of hydrogen-bond donors (Lipinski definition) is 1. The van der Waals surface area contributed by atoms with Gasteiger partial charge in [0.15, 0.2) is 12.4 Å². The maximum atomic E-state index is 12.1. The summed E-state index contributed by atoms with van der Waals surface area (Å²) < 4.78 is 6.96. The Morgan fingerprint density at radius 2 is 2.12 bits per heavy atom. The van der Waals surface area contributed by atoms with Gasteiger partial charge in [-0.15, -0.1) is 5.10 Å². The second kappa shape index (κ2) is 7.23. The van der Waals surface area contributed by atoms with Crippen LogP contribution < -0.4 is 10.1 Å². The summed E-state index contributed by atoms with van der Waals surface area (Å²) in [5.41, 5.74) is 1.76. The first-order valence-electron chi connectivity index (χ1n) is 7.42. The standard InChI is InChI=1S/C17H14N6O2/c1-23-17(20-21-22-23)12-6-4-7-14(9-12)19-16(24)11-25-15-8-3-2-5-13(15)10-18/h2-9H,11H2,1H3,(H,19,24). The normalized spacial score (nSPS) is 10.1. The fraction of sp³-hybridized carbons (Fsp3) is 0.118. The third-order valence-corrected chi connectivity index (χ3v) is 3.39. The Kier molecular flexibility index (Phi) is 4.67. The van der Waals surface area contributed by atoms with Gasteiger partial charge in [0, 0.05) is 18.3 Å². The Morgan fingerprint density at radius 1 is 1.28 bits per heavy atom. The summed E-state index contributed by atoms with van der Waals surface area (Å²) in [4.78, 5) is 12.1. The van der Waals surface area contributed by atoms with Gasteiger partial charge < -0.3 is 10.1 Å². The fourth-order valence-corrected chi connectivity index (χ4v) is 2.24. The number of rotatable bonds is 5. The van der Waals surface area contributed by atoms with Gasteiger partial charge in [0.25, 0.3) is 5.91 Å². The smallest absolute Gasteiger partial charge is 0.262 e. The molecule has 0 fully saturated rings. The van der Waals surface area contributed by atoms with Gasteiger partial charge in [-0.25, -0.2) is 4.68 Å². The lowest BCUT2D eigenvalue weighted by molar-refractivity contribution is -0.118. The Hall–Kier alpha value is -3.73. The van der Waals surface area contributed by atoms with Crippen LogP contribution in [0.2, 0.25) is 0 Å². The van der Waals surface area contributed by atoms with E-state index in [1.807, 2.05) is 12.1 Å². The van der Waals surface area contributed by atoms with E-state index in [2.05, 4.69) is 20.8 Å². The number of tetrazole rings is 1. The SMILES string of the molecule is Cn1nnnc1-c1cccc(NC(=O)COc2ccccc2C#N)c1. The Balaban J connectivity index is 1.66. The van der Waals surface area contributed by atoms with Crippen molar-refractivity contribution in [2.24, 2.45) is 7.05 Å². The first-order chi connectivity index (χ1) is 12.2. The molecule has 0 aliphatic heterocycles. The zero-order valence-electron chi connectivity index (χ0n) is 13.4. The number of ether oxygens (including phenoxy) is 1. The maximum absolute atomic E-state index is 12.1. The lowest BCUT2D eigenvalue weighted by Crippen LogP contribution is -2.20. The zero-order valence-corrected chi connectivity index (χ0v) is 13.4. The number of carbonyl (C=O) groups is 1. The van der Waals surface area contributed by atoms with Gasteiger partial charge in [-0.3, -0.25) is 4.79 Å². The minimum Gasteiger partial charge on any atom is -0.482 e. The van der Waals surface area contributed by atoms with Crippen LogP contribution in [0, 0.1) is 11.3 Å². The van der Waals surface area contributed by atoms with E-state index in [0.717, 1.165) is 5.56 Å². The van der Waals surface area contributed by atoms with Crippen LogP contribution in [0.5, 0.6) is 5.75 Å². The highest BCUT2D eigenvalue weighted by molar-refractivity contribution is 5.92. The molecular weight excluding hydrogens is 320 g/mol. The van der Waals surface area contributed by atoms with E-state index < -0.39 is 0 Å². The molecule has 2 aromatic carbocycles. The van der Waals surface area contributed by atoms with Gasteiger partial charge in [0.2, 0.25) is 0 Å². The first-order valence-corrected chi connectivity index (χ1v) is 7.42. The number of benzene rings is 2. The molecule has 1 heterocycles. The highest BCUT2D eigenvalue weighted by Crippen LogP contribution is 2.20. The molecule has 0 atom stereocenters. The van der Waals surface area contributed by atoms with Crippen molar-refractivity contribution in [1.82, 2.24) is 20.2 Å². The number of amides is 1. The average Bonchev–Trinajstić information content (AvgIpc) is 3.06. The van der Waals surface area contributed by atoms with Gasteiger partial charge in [-0.2, -0.15) is 5.26 Å². The van der Waals surface area contributed by atoms with Crippen molar-refractivity contribution in [3.8, 4) is 23.2 Å². The minimum absolute atomic E-state index is 0.200. The summed E-state index contributed by atoms with van der Waals surface area (Å²) in [7, 11) is 1.74. The Labute approximate surface area is 143 Å². The van der Waals surface area contributed by atoms with Crippen molar-refractivity contribution in [2.45, 2.75) is 0 Å². The molecule has 0 aliphatic carbocycles. The predicted octanol–water partition coefficient (Wildman–Crippen LogP) is 1.77. The van der Waals surface area contributed by atoms with Crippen molar-refractivity contribution in [3.63, 3.8) is 0 Å². The number of carbonyl (C=O) groups excluding carboxylic acids is 1. The second-order valence-corrected chi connectivity index (χ2v) is 5.15. The average molecular weight is 334 g/mol. The molecule has 0 saturated heterocycles. The van der Waals surface area contributed by atoms with Crippen LogP contribution in [-0.4, -0.2) is 32.7 Å². The highest BCUT2D eigenvalue weighted by Gasteiger charge is 2.09. The van der Waals surface area contributed by atoms with E-state index in [4.69, 9.17) is 10.00 Å². The summed E-state index contributed by atoms with van der Waals surface area (Å²) in [6.45, 7) is -0.200. The summed E-state index contributed by atoms with van der Waals surface area (Å²) in [5.74, 6) is 0.635. The van der Waals surface area contributed by atoms with E-state index in [1.165, 1.54) is 0 Å². The van der Waals surface area contributed by atoms with Crippen LogP contribution in [0.3, 0.4) is 0 Å². The lowest BCUT2D eigenvalue weighted by atomic mass is 10.2. The number of aryl methyl sites for hydroxylation is 1. The monoisotopic (exact) mass is 334 g/mol. The van der Waals surface area contributed by atoms with E-state index in [-0.39, 0.29) is 12.5 Å². The van der Waals surface area contributed by atoms with E-state index >= 15 is 0 Å². The molecule has 1 N–H and O–H groups in total. The number of para-hydroxylation sites is 1. The van der Waals surface area contributed by atoms with Gasteiger partial charge in [-0.1, -0.05) is 24.3 Å². The van der Waals surface area contributed by atoms with Crippen LogP contribution in [-0.2, 0) is 11.8 Å². The molecule has 3 aromatic rings. The fourth-order valence-electron chi connectivity index (χ4n) is 2.24. The van der Waals surface area contributed by atoms with Gasteiger partial charge in [-0.05, 0) is 34.7 Å². The lowest BCUT2D eigenvalue weighted by Gasteiger charge is -2.09. The molecule has 0 radical (unpaired) electrons. The molecule has 124 valence electrons. The summed E-state index contributed by atoms with van der Waals surface area (Å²) in [6.07, 6.45) is 0. The molecule has 0 saturated carbocycles. The van der Waals surface area contributed by atoms with E-state index in [9.17, 15) is 4.79 Å². The molecule has 0 bridgehead atoms. The van der Waals surface area contributed by atoms with Crippen molar-refractivity contribution in [2.75, 3.05) is 11.9 Å². The predicted molar refractivity (Wildman–Crippen MR) is 89.5 cm³/mol. The van der Waals surface area contributed by atoms with Crippen molar-refractivity contribution in [1.29, 1.82) is 5.26 Å². The topological polar surface area (TPSA) is 106 Å². The summed E-state index contributed by atoms with van der Waals surface area (Å²) in [6, 6.07) is 15.9.